The molecule has 0 saturated carbocycles. The van der Waals surface area contributed by atoms with Crippen LogP contribution in [0.5, 0.6) is 0 Å². The number of amides is 2. The molecule has 0 saturated heterocycles. The smallest absolute Gasteiger partial charge is 0.417 e. The lowest BCUT2D eigenvalue weighted by Gasteiger charge is -2.12. The van der Waals surface area contributed by atoms with Crippen molar-refractivity contribution in [3.05, 3.63) is 28.8 Å². The zero-order chi connectivity index (χ0) is 25.9. The van der Waals surface area contributed by atoms with E-state index >= 15 is 0 Å². The number of esters is 1. The van der Waals surface area contributed by atoms with Gasteiger partial charge in [-0.3, -0.25) is 4.79 Å². The Morgan fingerprint density at radius 2 is 1.37 bits per heavy atom. The molecule has 2 N–H and O–H groups in total. The summed E-state index contributed by atoms with van der Waals surface area (Å²) < 4.78 is 43.6. The Bertz CT molecular complexity index is 745. The van der Waals surface area contributed by atoms with Gasteiger partial charge < -0.3 is 15.4 Å². The first-order chi connectivity index (χ1) is 16.7. The molecule has 200 valence electrons. The van der Waals surface area contributed by atoms with E-state index in [-0.39, 0.29) is 11.7 Å². The first kappa shape index (κ1) is 31.1. The van der Waals surface area contributed by atoms with Crippen molar-refractivity contribution in [2.75, 3.05) is 18.5 Å². The number of ether oxygens (including phenoxy) is 1. The molecule has 35 heavy (non-hydrogen) atoms. The Labute approximate surface area is 212 Å². The van der Waals surface area contributed by atoms with E-state index in [1.165, 1.54) is 57.4 Å². The van der Waals surface area contributed by atoms with Gasteiger partial charge in [-0.25, -0.2) is 4.79 Å². The van der Waals surface area contributed by atoms with Crippen molar-refractivity contribution in [2.24, 2.45) is 0 Å². The van der Waals surface area contributed by atoms with E-state index in [0.717, 1.165) is 44.2 Å². The lowest BCUT2D eigenvalue weighted by atomic mass is 10.0. The van der Waals surface area contributed by atoms with Gasteiger partial charge in [0.15, 0.2) is 0 Å². The molecule has 0 unspecified atom stereocenters. The summed E-state index contributed by atoms with van der Waals surface area (Å²) in [6, 6.07) is 2.76. The molecular weight excluding hydrogens is 481 g/mol. The summed E-state index contributed by atoms with van der Waals surface area (Å²) >= 11 is 5.58. The zero-order valence-electron chi connectivity index (χ0n) is 20.8. The number of unbranched alkanes of at least 4 members (excludes halogenated alkanes) is 12. The molecule has 5 nitrogen and oxygen atoms in total. The van der Waals surface area contributed by atoms with Crippen molar-refractivity contribution in [2.45, 2.75) is 103 Å². The van der Waals surface area contributed by atoms with Crippen molar-refractivity contribution < 1.29 is 27.5 Å². The molecule has 9 heteroatoms. The van der Waals surface area contributed by atoms with Gasteiger partial charge in [0, 0.05) is 18.7 Å². The third-order valence-corrected chi connectivity index (χ3v) is 6.01. The van der Waals surface area contributed by atoms with Crippen molar-refractivity contribution in [3.8, 4) is 0 Å². The number of hydrogen-bond acceptors (Lipinski definition) is 3. The minimum Gasteiger partial charge on any atom is -0.466 e. The number of halogens is 4. The molecule has 0 spiro atoms. The molecule has 0 aromatic heterocycles. The van der Waals surface area contributed by atoms with Crippen LogP contribution in [0.15, 0.2) is 18.2 Å². The van der Waals surface area contributed by atoms with Crippen LogP contribution >= 0.6 is 11.6 Å². The summed E-state index contributed by atoms with van der Waals surface area (Å²) in [4.78, 5) is 23.1. The largest absolute Gasteiger partial charge is 0.466 e. The van der Waals surface area contributed by atoms with Crippen LogP contribution in [0.4, 0.5) is 23.7 Å². The molecule has 2 amide bonds. The Morgan fingerprint density at radius 3 is 1.89 bits per heavy atom. The predicted molar refractivity (Wildman–Crippen MR) is 135 cm³/mol. The minimum absolute atomic E-state index is 0.0493. The van der Waals surface area contributed by atoms with Gasteiger partial charge in [-0.1, -0.05) is 82.2 Å². The van der Waals surface area contributed by atoms with Gasteiger partial charge in [0.25, 0.3) is 0 Å². The fourth-order valence-corrected chi connectivity index (χ4v) is 3.99. The zero-order valence-corrected chi connectivity index (χ0v) is 21.5. The van der Waals surface area contributed by atoms with Crippen molar-refractivity contribution >= 4 is 29.3 Å². The Balaban J connectivity index is 1.93. The van der Waals surface area contributed by atoms with Crippen LogP contribution in [-0.2, 0) is 15.7 Å². The fraction of sp³-hybridized carbons (Fsp3) is 0.692. The maximum Gasteiger partial charge on any atom is 0.417 e. The van der Waals surface area contributed by atoms with Crippen LogP contribution in [0, 0.1) is 0 Å². The highest BCUT2D eigenvalue weighted by Gasteiger charge is 2.33. The number of nitrogens with one attached hydrogen (secondary N) is 2. The number of carbonyl (C=O) groups is 2. The summed E-state index contributed by atoms with van der Waals surface area (Å²) in [5, 5.41) is 4.68. The van der Waals surface area contributed by atoms with Crippen LogP contribution in [0.2, 0.25) is 5.02 Å². The van der Waals surface area contributed by atoms with Gasteiger partial charge >= 0.3 is 18.2 Å². The summed E-state index contributed by atoms with van der Waals surface area (Å²) in [5.41, 5.74) is -0.923. The van der Waals surface area contributed by atoms with Gasteiger partial charge in [0.05, 0.1) is 17.2 Å². The second-order valence-electron chi connectivity index (χ2n) is 8.72. The van der Waals surface area contributed by atoms with Gasteiger partial charge in [0.2, 0.25) is 0 Å². The number of benzene rings is 1. The van der Waals surface area contributed by atoms with Gasteiger partial charge in [0.1, 0.15) is 0 Å². The number of anilines is 1. The molecule has 1 aromatic carbocycles. The number of urea groups is 1. The molecule has 0 aliphatic heterocycles. The SMILES string of the molecule is CCOC(=O)CCCCCCCCCCCCCCCNC(=O)Nc1ccc(Cl)c(C(F)(F)F)c1. The number of hydrogen-bond donors (Lipinski definition) is 2. The van der Waals surface area contributed by atoms with E-state index in [1.807, 2.05) is 6.92 Å². The summed E-state index contributed by atoms with van der Waals surface area (Å²) in [6.45, 7) is 2.76. The van der Waals surface area contributed by atoms with Crippen LogP contribution in [0.3, 0.4) is 0 Å². The molecule has 0 aliphatic carbocycles. The fourth-order valence-electron chi connectivity index (χ4n) is 3.77. The molecule has 0 aliphatic rings. The normalized spacial score (nSPS) is 11.3. The van der Waals surface area contributed by atoms with Crippen LogP contribution in [-0.4, -0.2) is 25.2 Å². The van der Waals surface area contributed by atoms with E-state index in [4.69, 9.17) is 16.3 Å². The maximum atomic E-state index is 12.9. The molecule has 1 rings (SSSR count). The number of carbonyl (C=O) groups excluding carboxylic acids is 2. The van der Waals surface area contributed by atoms with E-state index in [1.54, 1.807) is 0 Å². The topological polar surface area (TPSA) is 67.4 Å². The van der Waals surface area contributed by atoms with Gasteiger partial charge in [-0.2, -0.15) is 13.2 Å². The summed E-state index contributed by atoms with van der Waals surface area (Å²) in [7, 11) is 0. The monoisotopic (exact) mass is 520 g/mol. The summed E-state index contributed by atoms with van der Waals surface area (Å²) in [5.74, 6) is -0.0885. The lowest BCUT2D eigenvalue weighted by Crippen LogP contribution is -2.29. The molecule has 1 aromatic rings. The summed E-state index contributed by atoms with van der Waals surface area (Å²) in [6.07, 6.45) is 10.7. The Hall–Kier alpha value is -1.96. The van der Waals surface area contributed by atoms with Gasteiger partial charge in [-0.15, -0.1) is 0 Å². The molecular formula is C26H40ClF3N2O3. The van der Waals surface area contributed by atoms with Crippen LogP contribution < -0.4 is 10.6 Å². The molecule has 0 heterocycles. The van der Waals surface area contributed by atoms with E-state index in [2.05, 4.69) is 10.6 Å². The lowest BCUT2D eigenvalue weighted by molar-refractivity contribution is -0.143. The average Bonchev–Trinajstić information content (AvgIpc) is 2.79. The standard InChI is InChI=1S/C26H40ClF3N2O3/c1-2-35-24(33)16-14-12-10-8-6-4-3-5-7-9-11-13-15-19-31-25(34)32-21-17-18-23(27)22(20-21)26(28,29)30/h17-18,20H,2-16,19H2,1H3,(H2,31,32,34). The van der Waals surface area contributed by atoms with Crippen molar-refractivity contribution in [1.29, 1.82) is 0 Å². The average molecular weight is 521 g/mol. The second kappa shape index (κ2) is 18.3. The third-order valence-electron chi connectivity index (χ3n) is 5.68. The second-order valence-corrected chi connectivity index (χ2v) is 9.13. The van der Waals surface area contributed by atoms with E-state index in [9.17, 15) is 22.8 Å². The highest BCUT2D eigenvalue weighted by molar-refractivity contribution is 6.31. The van der Waals surface area contributed by atoms with Crippen LogP contribution in [0.1, 0.15) is 102 Å². The number of alkyl halides is 3. The van der Waals surface area contributed by atoms with Gasteiger partial charge in [-0.05, 0) is 38.0 Å². The molecule has 0 bridgehead atoms. The first-order valence-corrected chi connectivity index (χ1v) is 13.2. The number of rotatable bonds is 18. The van der Waals surface area contributed by atoms with E-state index in [0.29, 0.717) is 19.6 Å². The third kappa shape index (κ3) is 15.6. The highest BCUT2D eigenvalue weighted by atomic mass is 35.5. The Kier molecular flexibility index (Phi) is 16.3. The highest BCUT2D eigenvalue weighted by Crippen LogP contribution is 2.36. The van der Waals surface area contributed by atoms with E-state index < -0.39 is 22.8 Å². The molecule has 0 fully saturated rings. The van der Waals surface area contributed by atoms with Crippen LogP contribution in [0.25, 0.3) is 0 Å². The predicted octanol–water partition coefficient (Wildman–Crippen LogP) is 8.50. The van der Waals surface area contributed by atoms with Crippen molar-refractivity contribution in [1.82, 2.24) is 5.32 Å². The molecule has 0 radical (unpaired) electrons. The molecule has 0 atom stereocenters. The van der Waals surface area contributed by atoms with Crippen molar-refractivity contribution in [3.63, 3.8) is 0 Å². The first-order valence-electron chi connectivity index (χ1n) is 12.8. The minimum atomic E-state index is -4.57. The Morgan fingerprint density at radius 1 is 0.857 bits per heavy atom. The maximum absolute atomic E-state index is 12.9. The quantitative estimate of drug-likeness (QED) is 0.150.